The first kappa shape index (κ1) is 14.7. The molecule has 0 saturated carbocycles. The van der Waals surface area contributed by atoms with Crippen molar-refractivity contribution >= 4 is 28.7 Å². The molecule has 4 nitrogen and oxygen atoms in total. The van der Waals surface area contributed by atoms with Gasteiger partial charge in [-0.05, 0) is 22.3 Å². The molecule has 0 spiro atoms. The largest absolute Gasteiger partial charge is 0.274 e. The Labute approximate surface area is 155 Å². The zero-order valence-electron chi connectivity index (χ0n) is 14.0. The average molecular weight is 360 g/mol. The van der Waals surface area contributed by atoms with Gasteiger partial charge in [0, 0.05) is 17.6 Å². The van der Waals surface area contributed by atoms with Crippen molar-refractivity contribution < 1.29 is 9.59 Å². The minimum atomic E-state index is -0.304. The van der Waals surface area contributed by atoms with Crippen molar-refractivity contribution in [3.8, 4) is 0 Å². The van der Waals surface area contributed by atoms with Gasteiger partial charge < -0.3 is 0 Å². The predicted octanol–water partition coefficient (Wildman–Crippen LogP) is 2.98. The molecule has 0 radical (unpaired) electrons. The van der Waals surface area contributed by atoms with E-state index in [0.29, 0.717) is 11.7 Å². The van der Waals surface area contributed by atoms with Gasteiger partial charge in [0.05, 0.1) is 18.4 Å². The van der Waals surface area contributed by atoms with Crippen LogP contribution < -0.4 is 0 Å². The standard InChI is InChI=1S/C21H16N2O2S/c24-19-17-15-11-5-1-2-6-12(11)16(14-8-4-3-7-13(14)15)18(17)20(25)23(19)21-22-9-10-26-21/h1-8,15-18H,9-10H2/t15?,16?,17-,18-/m0/s1. The maximum atomic E-state index is 13.4. The Morgan fingerprint density at radius 2 is 1.27 bits per heavy atom. The second kappa shape index (κ2) is 5.07. The van der Waals surface area contributed by atoms with Crippen LogP contribution in [-0.4, -0.2) is 34.2 Å². The lowest BCUT2D eigenvalue weighted by atomic mass is 9.55. The number of aliphatic imine (C=N–C) groups is 1. The highest BCUT2D eigenvalue weighted by atomic mass is 32.2. The molecule has 5 aliphatic rings. The van der Waals surface area contributed by atoms with Gasteiger partial charge in [0.1, 0.15) is 0 Å². The van der Waals surface area contributed by atoms with Gasteiger partial charge >= 0.3 is 0 Å². The number of carbonyl (C=O) groups excluding carboxylic acids is 2. The Kier molecular flexibility index (Phi) is 2.87. The van der Waals surface area contributed by atoms with E-state index < -0.39 is 0 Å². The first-order chi connectivity index (χ1) is 12.8. The quantitative estimate of drug-likeness (QED) is 0.679. The molecule has 2 heterocycles. The molecule has 1 saturated heterocycles. The van der Waals surface area contributed by atoms with Crippen molar-refractivity contribution in [1.29, 1.82) is 0 Å². The Bertz CT molecular complexity index is 899. The minimum Gasteiger partial charge on any atom is -0.274 e. The third-order valence-electron chi connectivity index (χ3n) is 6.21. The van der Waals surface area contributed by atoms with E-state index in [4.69, 9.17) is 0 Å². The summed E-state index contributed by atoms with van der Waals surface area (Å²) in [6, 6.07) is 16.6. The number of imide groups is 1. The maximum Gasteiger partial charge on any atom is 0.240 e. The van der Waals surface area contributed by atoms with Crippen molar-refractivity contribution in [1.82, 2.24) is 4.90 Å². The molecule has 1 fully saturated rings. The lowest BCUT2D eigenvalue weighted by molar-refractivity contribution is -0.134. The highest BCUT2D eigenvalue weighted by Crippen LogP contribution is 2.61. The third-order valence-corrected chi connectivity index (χ3v) is 7.17. The summed E-state index contributed by atoms with van der Waals surface area (Å²) in [7, 11) is 0. The third kappa shape index (κ3) is 1.65. The molecule has 2 aliphatic heterocycles. The number of amides is 2. The Hall–Kier alpha value is -2.40. The number of benzene rings is 2. The summed E-state index contributed by atoms with van der Waals surface area (Å²) in [4.78, 5) is 32.5. The highest BCUT2D eigenvalue weighted by molar-refractivity contribution is 8.14. The average Bonchev–Trinajstić information content (AvgIpc) is 3.29. The van der Waals surface area contributed by atoms with Crippen LogP contribution in [0, 0.1) is 11.8 Å². The Morgan fingerprint density at radius 1 is 0.808 bits per heavy atom. The normalized spacial score (nSPS) is 30.9. The van der Waals surface area contributed by atoms with Crippen molar-refractivity contribution in [2.45, 2.75) is 11.8 Å². The number of carbonyl (C=O) groups is 2. The summed E-state index contributed by atoms with van der Waals surface area (Å²) in [5.74, 6) is 0.0353. The number of likely N-dealkylation sites (tertiary alicyclic amines) is 1. The van der Waals surface area contributed by atoms with Crippen LogP contribution in [0.1, 0.15) is 34.1 Å². The van der Waals surface area contributed by atoms with E-state index in [0.717, 1.165) is 5.75 Å². The zero-order valence-corrected chi connectivity index (χ0v) is 14.8. The summed E-state index contributed by atoms with van der Waals surface area (Å²) in [6.07, 6.45) is 0. The van der Waals surface area contributed by atoms with E-state index >= 15 is 0 Å². The first-order valence-corrected chi connectivity index (χ1v) is 9.98. The number of hydrogen-bond donors (Lipinski definition) is 0. The highest BCUT2D eigenvalue weighted by Gasteiger charge is 2.62. The lowest BCUT2D eigenvalue weighted by Crippen LogP contribution is -2.41. The van der Waals surface area contributed by atoms with Crippen LogP contribution in [0.25, 0.3) is 0 Å². The van der Waals surface area contributed by atoms with Gasteiger partial charge in [-0.15, -0.1) is 0 Å². The van der Waals surface area contributed by atoms with Crippen LogP contribution in [0.5, 0.6) is 0 Å². The fourth-order valence-corrected chi connectivity index (χ4v) is 6.18. The van der Waals surface area contributed by atoms with Crippen LogP contribution in [-0.2, 0) is 9.59 Å². The maximum absolute atomic E-state index is 13.4. The fraction of sp³-hybridized carbons (Fsp3) is 0.286. The van der Waals surface area contributed by atoms with Crippen LogP contribution >= 0.6 is 11.8 Å². The molecule has 2 atom stereocenters. The van der Waals surface area contributed by atoms with Crippen LogP contribution in [0.4, 0.5) is 0 Å². The fourth-order valence-electron chi connectivity index (χ4n) is 5.32. The summed E-state index contributed by atoms with van der Waals surface area (Å²) in [5, 5.41) is 0.599. The van der Waals surface area contributed by atoms with Crippen LogP contribution in [0.3, 0.4) is 0 Å². The van der Waals surface area contributed by atoms with Crippen molar-refractivity contribution in [2.75, 3.05) is 12.3 Å². The number of rotatable bonds is 0. The van der Waals surface area contributed by atoms with Crippen LogP contribution in [0.2, 0.25) is 0 Å². The van der Waals surface area contributed by atoms with Crippen molar-refractivity contribution in [3.63, 3.8) is 0 Å². The second-order valence-electron chi connectivity index (χ2n) is 7.29. The molecule has 128 valence electrons. The van der Waals surface area contributed by atoms with Crippen molar-refractivity contribution in [3.05, 3.63) is 70.8 Å². The number of hydrogen-bond acceptors (Lipinski definition) is 4. The molecule has 2 aromatic carbocycles. The molecule has 0 N–H and O–H groups in total. The molecular formula is C21H16N2O2S. The molecule has 2 amide bonds. The van der Waals surface area contributed by atoms with E-state index in [9.17, 15) is 9.59 Å². The van der Waals surface area contributed by atoms with E-state index in [2.05, 4.69) is 29.3 Å². The summed E-state index contributed by atoms with van der Waals surface area (Å²) >= 11 is 1.52. The minimum absolute atomic E-state index is 0.0362. The van der Waals surface area contributed by atoms with Gasteiger partial charge in [0.2, 0.25) is 11.8 Å². The second-order valence-corrected chi connectivity index (χ2v) is 8.35. The van der Waals surface area contributed by atoms with E-state index in [1.807, 2.05) is 24.3 Å². The molecule has 26 heavy (non-hydrogen) atoms. The Morgan fingerprint density at radius 3 is 1.65 bits per heavy atom. The van der Waals surface area contributed by atoms with Crippen LogP contribution in [0.15, 0.2) is 53.5 Å². The number of amidine groups is 1. The molecule has 0 unspecified atom stereocenters. The molecule has 2 bridgehead atoms. The van der Waals surface area contributed by atoms with Gasteiger partial charge in [-0.25, -0.2) is 4.90 Å². The monoisotopic (exact) mass is 360 g/mol. The number of nitrogens with zero attached hydrogens (tertiary/aromatic N) is 2. The van der Waals surface area contributed by atoms with Gasteiger partial charge in [-0.3, -0.25) is 14.6 Å². The van der Waals surface area contributed by atoms with E-state index in [1.54, 1.807) is 0 Å². The van der Waals surface area contributed by atoms with E-state index in [1.165, 1.54) is 38.9 Å². The first-order valence-electron chi connectivity index (χ1n) is 9.00. The molecule has 7 rings (SSSR count). The van der Waals surface area contributed by atoms with Gasteiger partial charge in [0.25, 0.3) is 0 Å². The molecule has 0 aromatic heterocycles. The van der Waals surface area contributed by atoms with Gasteiger partial charge in [0.15, 0.2) is 5.17 Å². The summed E-state index contributed by atoms with van der Waals surface area (Å²) < 4.78 is 0. The zero-order chi connectivity index (χ0) is 17.4. The SMILES string of the molecule is O=C1[C@H]2C3c4ccccc4C(c4ccccc43)[C@@H]2C(=O)N1C1=NCCS1. The lowest BCUT2D eigenvalue weighted by Gasteiger charge is -2.45. The summed E-state index contributed by atoms with van der Waals surface area (Å²) in [5.41, 5.74) is 4.84. The summed E-state index contributed by atoms with van der Waals surface area (Å²) in [6.45, 7) is 0.680. The molecule has 2 aromatic rings. The molecular weight excluding hydrogens is 344 g/mol. The molecule has 5 heteroatoms. The van der Waals surface area contributed by atoms with Gasteiger partial charge in [-0.1, -0.05) is 60.3 Å². The van der Waals surface area contributed by atoms with Gasteiger partial charge in [-0.2, -0.15) is 0 Å². The van der Waals surface area contributed by atoms with E-state index in [-0.39, 0.29) is 35.5 Å². The predicted molar refractivity (Wildman–Crippen MR) is 100 cm³/mol. The number of thioether (sulfide) groups is 1. The topological polar surface area (TPSA) is 49.7 Å². The smallest absolute Gasteiger partial charge is 0.240 e. The van der Waals surface area contributed by atoms with Crippen molar-refractivity contribution in [2.24, 2.45) is 16.8 Å². The molecule has 3 aliphatic carbocycles. The Balaban J connectivity index is 1.59.